The van der Waals surface area contributed by atoms with E-state index in [9.17, 15) is 9.18 Å². The minimum absolute atomic E-state index is 0.0361. The Hall–Kier alpha value is -1.66. The van der Waals surface area contributed by atoms with E-state index in [1.165, 1.54) is 6.07 Å². The van der Waals surface area contributed by atoms with Crippen molar-refractivity contribution in [2.45, 2.75) is 50.8 Å². The molecule has 1 atom stereocenters. The zero-order valence-corrected chi connectivity index (χ0v) is 16.1. The van der Waals surface area contributed by atoms with E-state index in [0.29, 0.717) is 6.61 Å². The molecule has 2 fully saturated rings. The lowest BCUT2D eigenvalue weighted by molar-refractivity contribution is -0.119. The number of carbonyl (C=O) groups is 1. The molecular weight excluding hydrogens is 333 g/mol. The molecule has 2 amide bonds. The molecule has 1 N–H and O–H groups in total. The fraction of sp³-hybridized carbons (Fsp3) is 0.650. The first-order valence-corrected chi connectivity index (χ1v) is 9.46. The molecule has 2 saturated heterocycles. The Morgan fingerprint density at radius 3 is 2.81 bits per heavy atom. The van der Waals surface area contributed by atoms with Crippen LogP contribution in [0.3, 0.4) is 0 Å². The van der Waals surface area contributed by atoms with E-state index >= 15 is 0 Å². The molecule has 1 spiro atoms. The van der Waals surface area contributed by atoms with Crippen LogP contribution in [0, 0.1) is 12.7 Å². The van der Waals surface area contributed by atoms with Gasteiger partial charge in [0.1, 0.15) is 5.82 Å². The highest BCUT2D eigenvalue weighted by Crippen LogP contribution is 2.35. The van der Waals surface area contributed by atoms with Crippen molar-refractivity contribution in [3.8, 4) is 0 Å². The van der Waals surface area contributed by atoms with Gasteiger partial charge in [-0.2, -0.15) is 0 Å². The number of ether oxygens (including phenoxy) is 1. The monoisotopic (exact) mass is 363 g/mol. The third-order valence-electron chi connectivity index (χ3n) is 5.70. The standard InChI is InChI=1S/C20H30FN3O2/c1-15-4-5-17(21)12-16(15)14-24-9-7-20(8-10-24)13-18(6-11-26-20)22-19(25)23(2)3/h4-5,12,18H,6-11,13-14H2,1-3H3,(H,22,25)/t18-/m0/s1. The van der Waals surface area contributed by atoms with Crippen molar-refractivity contribution in [2.24, 2.45) is 0 Å². The lowest BCUT2D eigenvalue weighted by atomic mass is 9.82. The van der Waals surface area contributed by atoms with Crippen molar-refractivity contribution >= 4 is 6.03 Å². The van der Waals surface area contributed by atoms with Crippen LogP contribution in [0.2, 0.25) is 0 Å². The third-order valence-corrected chi connectivity index (χ3v) is 5.70. The summed E-state index contributed by atoms with van der Waals surface area (Å²) in [5.74, 6) is -0.172. The molecule has 26 heavy (non-hydrogen) atoms. The number of nitrogens with one attached hydrogen (secondary N) is 1. The number of halogens is 1. The first-order chi connectivity index (χ1) is 12.4. The number of piperidine rings is 1. The summed E-state index contributed by atoms with van der Waals surface area (Å²) in [4.78, 5) is 15.9. The van der Waals surface area contributed by atoms with Crippen LogP contribution in [0.5, 0.6) is 0 Å². The van der Waals surface area contributed by atoms with Crippen molar-refractivity contribution in [3.63, 3.8) is 0 Å². The summed E-state index contributed by atoms with van der Waals surface area (Å²) >= 11 is 0. The number of aryl methyl sites for hydroxylation is 1. The second-order valence-corrected chi connectivity index (χ2v) is 7.91. The van der Waals surface area contributed by atoms with Gasteiger partial charge in [-0.15, -0.1) is 0 Å². The number of nitrogens with zero attached hydrogens (tertiary/aromatic N) is 2. The molecule has 3 rings (SSSR count). The molecule has 1 aromatic rings. The number of hydrogen-bond acceptors (Lipinski definition) is 3. The average Bonchev–Trinajstić information content (AvgIpc) is 2.60. The van der Waals surface area contributed by atoms with Crippen molar-refractivity contribution < 1.29 is 13.9 Å². The van der Waals surface area contributed by atoms with E-state index in [2.05, 4.69) is 10.2 Å². The van der Waals surface area contributed by atoms with E-state index in [-0.39, 0.29) is 23.5 Å². The van der Waals surface area contributed by atoms with Crippen molar-refractivity contribution in [1.29, 1.82) is 0 Å². The predicted molar refractivity (Wildman–Crippen MR) is 99.6 cm³/mol. The Bertz CT molecular complexity index is 642. The number of hydrogen-bond donors (Lipinski definition) is 1. The minimum atomic E-state index is -0.172. The maximum absolute atomic E-state index is 13.5. The quantitative estimate of drug-likeness (QED) is 0.898. The molecule has 0 unspecified atom stereocenters. The van der Waals surface area contributed by atoms with E-state index < -0.39 is 0 Å². The molecule has 0 saturated carbocycles. The van der Waals surface area contributed by atoms with E-state index in [4.69, 9.17) is 4.74 Å². The van der Waals surface area contributed by atoms with Gasteiger partial charge in [-0.05, 0) is 55.9 Å². The lowest BCUT2D eigenvalue weighted by Gasteiger charge is -2.46. The van der Waals surface area contributed by atoms with Crippen LogP contribution in [-0.4, -0.2) is 61.3 Å². The summed E-state index contributed by atoms with van der Waals surface area (Å²) in [6.07, 6.45) is 3.65. The second kappa shape index (κ2) is 7.92. The number of benzene rings is 1. The summed E-state index contributed by atoms with van der Waals surface area (Å²) in [6.45, 7) is 5.37. The van der Waals surface area contributed by atoms with Gasteiger partial charge in [0.25, 0.3) is 0 Å². The highest BCUT2D eigenvalue weighted by atomic mass is 19.1. The zero-order chi connectivity index (χ0) is 18.7. The van der Waals surface area contributed by atoms with Crippen LogP contribution < -0.4 is 5.32 Å². The first kappa shape index (κ1) is 19.1. The van der Waals surface area contributed by atoms with Crippen LogP contribution in [0.1, 0.15) is 36.8 Å². The average molecular weight is 363 g/mol. The van der Waals surface area contributed by atoms with Crippen LogP contribution >= 0.6 is 0 Å². The van der Waals surface area contributed by atoms with Gasteiger partial charge in [-0.3, -0.25) is 4.90 Å². The van der Waals surface area contributed by atoms with Crippen molar-refractivity contribution in [1.82, 2.24) is 15.1 Å². The second-order valence-electron chi connectivity index (χ2n) is 7.91. The molecule has 2 aliphatic heterocycles. The maximum atomic E-state index is 13.5. The Morgan fingerprint density at radius 1 is 1.38 bits per heavy atom. The van der Waals surface area contributed by atoms with Crippen LogP contribution in [0.25, 0.3) is 0 Å². The lowest BCUT2D eigenvalue weighted by Crippen LogP contribution is -2.54. The van der Waals surface area contributed by atoms with Gasteiger partial charge in [0.05, 0.1) is 5.60 Å². The van der Waals surface area contributed by atoms with Gasteiger partial charge in [0.15, 0.2) is 0 Å². The Kier molecular flexibility index (Phi) is 5.82. The Labute approximate surface area is 155 Å². The Balaban J connectivity index is 1.55. The maximum Gasteiger partial charge on any atom is 0.317 e. The fourth-order valence-corrected chi connectivity index (χ4v) is 3.97. The van der Waals surface area contributed by atoms with E-state index in [0.717, 1.165) is 56.4 Å². The highest BCUT2D eigenvalue weighted by molar-refractivity contribution is 5.73. The molecule has 144 valence electrons. The summed E-state index contributed by atoms with van der Waals surface area (Å²) in [7, 11) is 3.52. The molecule has 0 aromatic heterocycles. The normalized spacial score (nSPS) is 23.0. The SMILES string of the molecule is Cc1ccc(F)cc1CN1CCC2(CC1)C[C@@H](NC(=O)N(C)C)CCO2. The van der Waals surface area contributed by atoms with E-state index in [1.807, 2.05) is 13.0 Å². The summed E-state index contributed by atoms with van der Waals surface area (Å²) < 4.78 is 19.7. The molecule has 0 aliphatic carbocycles. The third kappa shape index (κ3) is 4.54. The number of likely N-dealkylation sites (tertiary alicyclic amines) is 1. The van der Waals surface area contributed by atoms with Gasteiger partial charge in [-0.1, -0.05) is 6.07 Å². The number of rotatable bonds is 3. The first-order valence-electron chi connectivity index (χ1n) is 9.46. The Morgan fingerprint density at radius 2 is 2.12 bits per heavy atom. The minimum Gasteiger partial charge on any atom is -0.375 e. The molecule has 2 heterocycles. The fourth-order valence-electron chi connectivity index (χ4n) is 3.97. The molecule has 5 nitrogen and oxygen atoms in total. The number of amides is 2. The highest BCUT2D eigenvalue weighted by Gasteiger charge is 2.40. The molecule has 0 radical (unpaired) electrons. The largest absolute Gasteiger partial charge is 0.375 e. The number of carbonyl (C=O) groups excluding carboxylic acids is 1. The molecule has 2 aliphatic rings. The van der Waals surface area contributed by atoms with Gasteiger partial charge in [0, 0.05) is 46.4 Å². The van der Waals surface area contributed by atoms with Crippen LogP contribution in [-0.2, 0) is 11.3 Å². The molecular formula is C20H30FN3O2. The van der Waals surface area contributed by atoms with Crippen molar-refractivity contribution in [3.05, 3.63) is 35.1 Å². The number of urea groups is 1. The van der Waals surface area contributed by atoms with E-state index in [1.54, 1.807) is 25.1 Å². The topological polar surface area (TPSA) is 44.8 Å². The summed E-state index contributed by atoms with van der Waals surface area (Å²) in [5, 5.41) is 3.11. The van der Waals surface area contributed by atoms with Gasteiger partial charge in [0.2, 0.25) is 0 Å². The smallest absolute Gasteiger partial charge is 0.317 e. The molecule has 6 heteroatoms. The predicted octanol–water partition coefficient (Wildman–Crippen LogP) is 2.92. The van der Waals surface area contributed by atoms with Gasteiger partial charge < -0.3 is 15.0 Å². The molecule has 1 aromatic carbocycles. The van der Waals surface area contributed by atoms with Crippen molar-refractivity contribution in [2.75, 3.05) is 33.8 Å². The summed E-state index contributed by atoms with van der Waals surface area (Å²) in [5.41, 5.74) is 2.06. The molecule has 0 bridgehead atoms. The van der Waals surface area contributed by atoms with Gasteiger partial charge >= 0.3 is 6.03 Å². The van der Waals surface area contributed by atoms with Crippen LogP contribution in [0.15, 0.2) is 18.2 Å². The summed E-state index contributed by atoms with van der Waals surface area (Å²) in [6, 6.07) is 5.14. The van der Waals surface area contributed by atoms with Gasteiger partial charge in [-0.25, -0.2) is 9.18 Å². The zero-order valence-electron chi connectivity index (χ0n) is 16.1. The van der Waals surface area contributed by atoms with Crippen LogP contribution in [0.4, 0.5) is 9.18 Å².